The molecule has 0 N–H and O–H groups in total. The van der Waals surface area contributed by atoms with Crippen molar-refractivity contribution in [3.63, 3.8) is 0 Å². The summed E-state index contributed by atoms with van der Waals surface area (Å²) in [5.41, 5.74) is 0.708. The molecular weight excluding hydrogens is 414 g/mol. The third-order valence-corrected chi connectivity index (χ3v) is 7.79. The van der Waals surface area contributed by atoms with E-state index in [2.05, 4.69) is 15.5 Å². The van der Waals surface area contributed by atoms with Gasteiger partial charge in [0, 0.05) is 12.3 Å². The number of tetrazole rings is 1. The van der Waals surface area contributed by atoms with Crippen LogP contribution in [0, 0.1) is 0 Å². The highest BCUT2D eigenvalue weighted by Gasteiger charge is 2.35. The molecule has 0 spiro atoms. The van der Waals surface area contributed by atoms with Gasteiger partial charge in [0.1, 0.15) is 0 Å². The molecule has 1 aromatic carbocycles. The Morgan fingerprint density at radius 2 is 2.10 bits per heavy atom. The van der Waals surface area contributed by atoms with E-state index in [0.29, 0.717) is 23.8 Å². The van der Waals surface area contributed by atoms with Gasteiger partial charge in [-0.05, 0) is 41.8 Å². The number of benzene rings is 1. The van der Waals surface area contributed by atoms with E-state index in [1.54, 1.807) is 9.58 Å². The predicted molar refractivity (Wildman–Crippen MR) is 109 cm³/mol. The number of ether oxygens (including phenoxy) is 1. The van der Waals surface area contributed by atoms with E-state index in [1.807, 2.05) is 30.3 Å². The molecule has 2 saturated heterocycles. The molecule has 0 unspecified atom stereocenters. The Morgan fingerprint density at radius 3 is 2.79 bits per heavy atom. The van der Waals surface area contributed by atoms with Crippen molar-refractivity contribution in [1.29, 1.82) is 0 Å². The molecule has 29 heavy (non-hydrogen) atoms. The van der Waals surface area contributed by atoms with Gasteiger partial charge in [-0.2, -0.15) is 0 Å². The van der Waals surface area contributed by atoms with Gasteiger partial charge in [-0.3, -0.25) is 4.79 Å². The van der Waals surface area contributed by atoms with Crippen LogP contribution in [0.1, 0.15) is 19.3 Å². The minimum Gasteiger partial charge on any atom is -0.376 e. The monoisotopic (exact) mass is 437 g/mol. The minimum absolute atomic E-state index is 0.00490. The van der Waals surface area contributed by atoms with Crippen molar-refractivity contribution in [1.82, 2.24) is 20.2 Å². The molecule has 9 nitrogen and oxygen atoms in total. The van der Waals surface area contributed by atoms with Crippen molar-refractivity contribution in [2.75, 3.05) is 28.8 Å². The van der Waals surface area contributed by atoms with Crippen LogP contribution in [0.2, 0.25) is 0 Å². The number of carbonyl (C=O) groups is 1. The summed E-state index contributed by atoms with van der Waals surface area (Å²) >= 11 is 1.26. The number of amides is 1. The van der Waals surface area contributed by atoms with Gasteiger partial charge in [0.2, 0.25) is 11.1 Å². The smallest absolute Gasteiger partial charge is 0.237 e. The maximum atomic E-state index is 13.1. The van der Waals surface area contributed by atoms with Gasteiger partial charge in [0.05, 0.1) is 35.9 Å². The number of aromatic nitrogens is 4. The predicted octanol–water partition coefficient (Wildman–Crippen LogP) is 1.16. The van der Waals surface area contributed by atoms with Crippen LogP contribution in [-0.2, 0) is 25.9 Å². The van der Waals surface area contributed by atoms with Crippen molar-refractivity contribution in [2.45, 2.75) is 43.1 Å². The number of thioether (sulfide) groups is 1. The summed E-state index contributed by atoms with van der Waals surface area (Å²) in [7, 11) is -3.11. The van der Waals surface area contributed by atoms with Crippen LogP contribution in [0.25, 0.3) is 0 Å². The van der Waals surface area contributed by atoms with E-state index in [-0.39, 0.29) is 35.3 Å². The maximum absolute atomic E-state index is 13.1. The molecule has 0 aliphatic carbocycles. The first-order valence-corrected chi connectivity index (χ1v) is 12.4. The van der Waals surface area contributed by atoms with Crippen molar-refractivity contribution >= 4 is 33.2 Å². The molecule has 1 aromatic heterocycles. The SMILES string of the molecule is O=C(CSc1nnnn1C[C@H]1CCCO1)N(c1ccccc1)[C@@H]1CCS(=O)(=O)C1. The lowest BCUT2D eigenvalue weighted by molar-refractivity contribution is -0.116. The van der Waals surface area contributed by atoms with Crippen LogP contribution < -0.4 is 4.90 Å². The molecule has 0 bridgehead atoms. The third-order valence-electron chi connectivity index (χ3n) is 5.10. The first kappa shape index (κ1) is 20.3. The Hall–Kier alpha value is -1.98. The van der Waals surface area contributed by atoms with Crippen molar-refractivity contribution in [3.05, 3.63) is 30.3 Å². The van der Waals surface area contributed by atoms with Crippen LogP contribution in [-0.4, -0.2) is 70.5 Å². The zero-order chi connectivity index (χ0) is 20.3. The fraction of sp³-hybridized carbons (Fsp3) is 0.556. The standard InChI is InChI=1S/C18H23N5O4S2/c24-17(12-28-18-19-20-21-22(18)11-16-7-4-9-27-16)23(14-5-2-1-3-6-14)15-8-10-29(25,26)13-15/h1-3,5-6,15-16H,4,7-13H2/t15-,16-/m1/s1. The van der Waals surface area contributed by atoms with Gasteiger partial charge in [-0.15, -0.1) is 5.10 Å². The summed E-state index contributed by atoms with van der Waals surface area (Å²) in [4.78, 5) is 14.7. The second kappa shape index (κ2) is 8.80. The number of anilines is 1. The van der Waals surface area contributed by atoms with E-state index < -0.39 is 9.84 Å². The average molecular weight is 438 g/mol. The van der Waals surface area contributed by atoms with E-state index in [4.69, 9.17) is 4.74 Å². The first-order chi connectivity index (χ1) is 14.0. The lowest BCUT2D eigenvalue weighted by Crippen LogP contribution is -2.42. The lowest BCUT2D eigenvalue weighted by atomic mass is 10.2. The number of rotatable bonds is 7. The highest BCUT2D eigenvalue weighted by molar-refractivity contribution is 7.99. The van der Waals surface area contributed by atoms with Gasteiger partial charge in [0.15, 0.2) is 9.84 Å². The minimum atomic E-state index is -3.11. The Morgan fingerprint density at radius 1 is 1.28 bits per heavy atom. The molecule has 4 rings (SSSR count). The summed E-state index contributed by atoms with van der Waals surface area (Å²) in [6.07, 6.45) is 2.55. The normalized spacial score (nSPS) is 23.3. The highest BCUT2D eigenvalue weighted by atomic mass is 32.2. The first-order valence-electron chi connectivity index (χ1n) is 9.60. The Kier molecular flexibility index (Phi) is 6.16. The van der Waals surface area contributed by atoms with Crippen LogP contribution in [0.3, 0.4) is 0 Å². The van der Waals surface area contributed by atoms with Gasteiger partial charge in [0.25, 0.3) is 0 Å². The Labute approximate surface area is 173 Å². The molecule has 0 saturated carbocycles. The maximum Gasteiger partial charge on any atom is 0.237 e. The molecule has 156 valence electrons. The Bertz CT molecular complexity index is 944. The summed E-state index contributed by atoms with van der Waals surface area (Å²) < 4.78 is 31.2. The van der Waals surface area contributed by atoms with Crippen LogP contribution in [0.5, 0.6) is 0 Å². The highest BCUT2D eigenvalue weighted by Crippen LogP contribution is 2.26. The van der Waals surface area contributed by atoms with Gasteiger partial charge in [-0.25, -0.2) is 13.1 Å². The number of para-hydroxylation sites is 1. The molecule has 2 aliphatic heterocycles. The molecule has 1 amide bonds. The molecule has 11 heteroatoms. The van der Waals surface area contributed by atoms with Crippen LogP contribution in [0.4, 0.5) is 5.69 Å². The second-order valence-electron chi connectivity index (χ2n) is 7.22. The number of hydrogen-bond donors (Lipinski definition) is 0. The molecule has 2 aromatic rings. The summed E-state index contributed by atoms with van der Waals surface area (Å²) in [5, 5.41) is 12.3. The summed E-state index contributed by atoms with van der Waals surface area (Å²) in [6.45, 7) is 1.32. The van der Waals surface area contributed by atoms with Crippen LogP contribution in [0.15, 0.2) is 35.5 Å². The molecule has 2 fully saturated rings. The fourth-order valence-corrected chi connectivity index (χ4v) is 6.16. The number of carbonyl (C=O) groups excluding carboxylic acids is 1. The van der Waals surface area contributed by atoms with E-state index in [9.17, 15) is 13.2 Å². The zero-order valence-corrected chi connectivity index (χ0v) is 17.5. The third kappa shape index (κ3) is 4.96. The van der Waals surface area contributed by atoms with Gasteiger partial charge >= 0.3 is 0 Å². The molecule has 2 aliphatic rings. The topological polar surface area (TPSA) is 107 Å². The van der Waals surface area contributed by atoms with Crippen molar-refractivity contribution in [2.24, 2.45) is 0 Å². The van der Waals surface area contributed by atoms with Crippen molar-refractivity contribution in [3.8, 4) is 0 Å². The number of hydrogen-bond acceptors (Lipinski definition) is 8. The zero-order valence-electron chi connectivity index (χ0n) is 15.9. The number of sulfone groups is 1. The summed E-state index contributed by atoms with van der Waals surface area (Å²) in [5.74, 6) is 0.0722. The average Bonchev–Trinajstić information content (AvgIpc) is 3.44. The summed E-state index contributed by atoms with van der Waals surface area (Å²) in [6, 6.07) is 8.86. The van der Waals surface area contributed by atoms with E-state index in [0.717, 1.165) is 19.4 Å². The fourth-order valence-electron chi connectivity index (χ4n) is 3.72. The molecule has 2 atom stereocenters. The van der Waals surface area contributed by atoms with Crippen molar-refractivity contribution < 1.29 is 17.9 Å². The molecular formula is C18H23N5O4S2. The van der Waals surface area contributed by atoms with E-state index >= 15 is 0 Å². The largest absolute Gasteiger partial charge is 0.376 e. The van der Waals surface area contributed by atoms with E-state index in [1.165, 1.54) is 11.8 Å². The second-order valence-corrected chi connectivity index (χ2v) is 10.4. The lowest BCUT2D eigenvalue weighted by Gasteiger charge is -2.28. The van der Waals surface area contributed by atoms with Gasteiger partial charge in [-0.1, -0.05) is 30.0 Å². The quantitative estimate of drug-likeness (QED) is 0.594. The number of nitrogens with zero attached hydrogens (tertiary/aromatic N) is 5. The molecule has 3 heterocycles. The van der Waals surface area contributed by atoms with Crippen LogP contribution >= 0.6 is 11.8 Å². The molecule has 0 radical (unpaired) electrons. The Balaban J connectivity index is 1.46. The van der Waals surface area contributed by atoms with Gasteiger partial charge < -0.3 is 9.64 Å².